The predicted octanol–water partition coefficient (Wildman–Crippen LogP) is 4.81. The summed E-state index contributed by atoms with van der Waals surface area (Å²) in [5.74, 6) is -1.37. The quantitative estimate of drug-likeness (QED) is 0.685. The molecule has 2 aromatic rings. The van der Waals surface area contributed by atoms with Gasteiger partial charge in [-0.05, 0) is 24.3 Å². The minimum atomic E-state index is -4.65. The van der Waals surface area contributed by atoms with E-state index in [-0.39, 0.29) is 16.8 Å². The summed E-state index contributed by atoms with van der Waals surface area (Å²) in [6.45, 7) is 0. The molecule has 118 valence electrons. The Balaban J connectivity index is 2.15. The molecule has 1 aliphatic heterocycles. The molecule has 1 heterocycles. The molecule has 0 N–H and O–H groups in total. The van der Waals surface area contributed by atoms with E-state index in [0.717, 1.165) is 0 Å². The molecular weight excluding hydrogens is 354 g/mol. The minimum absolute atomic E-state index is 0.143. The second-order valence-corrected chi connectivity index (χ2v) is 5.59. The van der Waals surface area contributed by atoms with Gasteiger partial charge in [0.1, 0.15) is 0 Å². The average molecular weight is 360 g/mol. The van der Waals surface area contributed by atoms with E-state index in [4.69, 9.17) is 23.2 Å². The van der Waals surface area contributed by atoms with Crippen LogP contribution in [-0.2, 0) is 6.18 Å². The third-order valence-electron chi connectivity index (χ3n) is 3.36. The number of hydrogen-bond donors (Lipinski definition) is 0. The molecule has 0 saturated heterocycles. The summed E-state index contributed by atoms with van der Waals surface area (Å²) in [6, 6.07) is 7.30. The molecule has 0 aliphatic carbocycles. The second kappa shape index (κ2) is 5.25. The lowest BCUT2D eigenvalue weighted by molar-refractivity contribution is -0.137. The van der Waals surface area contributed by atoms with Crippen molar-refractivity contribution in [2.75, 3.05) is 4.90 Å². The van der Waals surface area contributed by atoms with Gasteiger partial charge in [-0.15, -0.1) is 0 Å². The fourth-order valence-electron chi connectivity index (χ4n) is 2.34. The number of imide groups is 1. The van der Waals surface area contributed by atoms with E-state index in [1.165, 1.54) is 12.1 Å². The van der Waals surface area contributed by atoms with Gasteiger partial charge in [-0.1, -0.05) is 35.3 Å². The minimum Gasteiger partial charge on any atom is -0.268 e. The molecule has 0 atom stereocenters. The highest BCUT2D eigenvalue weighted by molar-refractivity contribution is 6.44. The third kappa shape index (κ3) is 2.48. The van der Waals surface area contributed by atoms with Gasteiger partial charge in [0.15, 0.2) is 0 Å². The molecule has 3 rings (SSSR count). The van der Waals surface area contributed by atoms with Crippen molar-refractivity contribution in [1.29, 1.82) is 0 Å². The van der Waals surface area contributed by atoms with Crippen LogP contribution in [0.2, 0.25) is 10.0 Å². The van der Waals surface area contributed by atoms with Gasteiger partial charge < -0.3 is 0 Å². The van der Waals surface area contributed by atoms with Crippen LogP contribution in [0.1, 0.15) is 26.3 Å². The Morgan fingerprint density at radius 1 is 0.870 bits per heavy atom. The van der Waals surface area contributed by atoms with Crippen LogP contribution in [0.4, 0.5) is 18.9 Å². The summed E-state index contributed by atoms with van der Waals surface area (Å²) in [4.78, 5) is 25.4. The highest BCUT2D eigenvalue weighted by Gasteiger charge is 2.40. The van der Waals surface area contributed by atoms with Crippen LogP contribution in [0, 0.1) is 0 Å². The van der Waals surface area contributed by atoms with E-state index >= 15 is 0 Å². The second-order valence-electron chi connectivity index (χ2n) is 4.78. The molecule has 1 aliphatic rings. The Bertz CT molecular complexity index is 791. The third-order valence-corrected chi connectivity index (χ3v) is 3.94. The Morgan fingerprint density at radius 3 is 1.70 bits per heavy atom. The van der Waals surface area contributed by atoms with Gasteiger partial charge in [-0.2, -0.15) is 13.2 Å². The number of amides is 2. The van der Waals surface area contributed by atoms with Crippen LogP contribution >= 0.6 is 23.2 Å². The number of carbonyl (C=O) groups excluding carboxylic acids is 2. The lowest BCUT2D eigenvalue weighted by atomic mass is 10.1. The summed E-state index contributed by atoms with van der Waals surface area (Å²) < 4.78 is 38.3. The number of rotatable bonds is 1. The first-order valence-electron chi connectivity index (χ1n) is 6.26. The zero-order chi connectivity index (χ0) is 16.9. The molecule has 0 unspecified atom stereocenters. The smallest absolute Gasteiger partial charge is 0.268 e. The Morgan fingerprint density at radius 2 is 1.30 bits per heavy atom. The van der Waals surface area contributed by atoms with Crippen LogP contribution in [0.15, 0.2) is 36.4 Å². The van der Waals surface area contributed by atoms with Gasteiger partial charge in [0.05, 0.1) is 32.4 Å². The molecule has 3 nitrogen and oxygen atoms in total. The first kappa shape index (κ1) is 15.8. The molecule has 8 heteroatoms. The Hall–Kier alpha value is -2.05. The van der Waals surface area contributed by atoms with Crippen molar-refractivity contribution in [3.63, 3.8) is 0 Å². The first-order chi connectivity index (χ1) is 10.7. The van der Waals surface area contributed by atoms with Gasteiger partial charge in [0, 0.05) is 0 Å². The van der Waals surface area contributed by atoms with Crippen LogP contribution in [0.5, 0.6) is 0 Å². The van der Waals surface area contributed by atoms with Crippen molar-refractivity contribution in [2.24, 2.45) is 0 Å². The van der Waals surface area contributed by atoms with E-state index < -0.39 is 33.6 Å². The number of fused-ring (bicyclic) bond motifs is 1. The van der Waals surface area contributed by atoms with Crippen LogP contribution in [-0.4, -0.2) is 11.8 Å². The summed E-state index contributed by atoms with van der Waals surface area (Å²) in [5.41, 5.74) is -1.03. The molecule has 0 bridgehead atoms. The van der Waals surface area contributed by atoms with E-state index in [2.05, 4.69) is 0 Å². The van der Waals surface area contributed by atoms with Crippen LogP contribution < -0.4 is 4.90 Å². The fraction of sp³-hybridized carbons (Fsp3) is 0.0667. The van der Waals surface area contributed by atoms with Crippen LogP contribution in [0.25, 0.3) is 0 Å². The fourth-order valence-corrected chi connectivity index (χ4v) is 2.99. The molecule has 2 aromatic carbocycles. The predicted molar refractivity (Wildman–Crippen MR) is 79.0 cm³/mol. The summed E-state index contributed by atoms with van der Waals surface area (Å²) in [6.07, 6.45) is -4.65. The van der Waals surface area contributed by atoms with Crippen molar-refractivity contribution in [2.45, 2.75) is 6.18 Å². The lowest BCUT2D eigenvalue weighted by Gasteiger charge is -2.19. The average Bonchev–Trinajstić information content (AvgIpc) is 2.71. The number of benzene rings is 2. The Labute approximate surface area is 138 Å². The molecule has 0 fully saturated rings. The zero-order valence-corrected chi connectivity index (χ0v) is 12.6. The molecular formula is C15H6Cl2F3NO2. The molecule has 0 radical (unpaired) electrons. The highest BCUT2D eigenvalue weighted by atomic mass is 35.5. The Kier molecular flexibility index (Phi) is 3.61. The first-order valence-corrected chi connectivity index (χ1v) is 7.01. The maximum absolute atomic E-state index is 12.8. The normalized spacial score (nSPS) is 14.4. The van der Waals surface area contributed by atoms with E-state index in [0.29, 0.717) is 17.0 Å². The van der Waals surface area contributed by atoms with Gasteiger partial charge in [0.2, 0.25) is 0 Å². The van der Waals surface area contributed by atoms with Crippen molar-refractivity contribution >= 4 is 40.7 Å². The number of halogens is 5. The molecule has 23 heavy (non-hydrogen) atoms. The molecule has 0 spiro atoms. The van der Waals surface area contributed by atoms with Crippen molar-refractivity contribution in [3.05, 3.63) is 63.1 Å². The lowest BCUT2D eigenvalue weighted by Crippen LogP contribution is -2.30. The van der Waals surface area contributed by atoms with Gasteiger partial charge in [0.25, 0.3) is 11.8 Å². The number of nitrogens with zero attached hydrogens (tertiary/aromatic N) is 1. The van der Waals surface area contributed by atoms with Crippen molar-refractivity contribution < 1.29 is 22.8 Å². The van der Waals surface area contributed by atoms with Gasteiger partial charge in [-0.3, -0.25) is 9.59 Å². The largest absolute Gasteiger partial charge is 0.416 e. The standard InChI is InChI=1S/C15H6Cl2F3NO2/c16-10-5-7(15(18,19)20)6-11(17)12(10)21-13(22)8-3-1-2-4-9(8)14(21)23/h1-6H. The number of carbonyl (C=O) groups is 2. The number of anilines is 1. The molecule has 2 amide bonds. The van der Waals surface area contributed by atoms with Crippen LogP contribution in [0.3, 0.4) is 0 Å². The summed E-state index contributed by atoms with van der Waals surface area (Å²) in [7, 11) is 0. The zero-order valence-electron chi connectivity index (χ0n) is 11.1. The van der Waals surface area contributed by atoms with Gasteiger partial charge in [-0.25, -0.2) is 4.90 Å². The maximum Gasteiger partial charge on any atom is 0.416 e. The van der Waals surface area contributed by atoms with Gasteiger partial charge >= 0.3 is 6.18 Å². The van der Waals surface area contributed by atoms with E-state index in [1.54, 1.807) is 12.1 Å². The topological polar surface area (TPSA) is 37.4 Å². The van der Waals surface area contributed by atoms with Crippen molar-refractivity contribution in [3.8, 4) is 0 Å². The maximum atomic E-state index is 12.8. The SMILES string of the molecule is O=C1c2ccccc2C(=O)N1c1c(Cl)cc(C(F)(F)F)cc1Cl. The van der Waals surface area contributed by atoms with E-state index in [1.807, 2.05) is 0 Å². The van der Waals surface area contributed by atoms with E-state index in [9.17, 15) is 22.8 Å². The summed E-state index contributed by atoms with van der Waals surface area (Å²) in [5, 5.41) is -0.862. The number of alkyl halides is 3. The number of hydrogen-bond acceptors (Lipinski definition) is 2. The molecule has 0 saturated carbocycles. The summed E-state index contributed by atoms with van der Waals surface area (Å²) >= 11 is 11.7. The highest BCUT2D eigenvalue weighted by Crippen LogP contribution is 2.42. The monoisotopic (exact) mass is 359 g/mol. The van der Waals surface area contributed by atoms with Crippen molar-refractivity contribution in [1.82, 2.24) is 0 Å². The molecule has 0 aromatic heterocycles.